The molecule has 3 aromatic carbocycles. The van der Waals surface area contributed by atoms with Crippen LogP contribution in [0.1, 0.15) is 18.9 Å². The Hall–Kier alpha value is -2.85. The van der Waals surface area contributed by atoms with Gasteiger partial charge in [0.1, 0.15) is 5.75 Å². The van der Waals surface area contributed by atoms with Crippen LogP contribution in [0.4, 0.5) is 5.69 Å². The zero-order valence-corrected chi connectivity index (χ0v) is 15.1. The average molecular weight is 349 g/mol. The van der Waals surface area contributed by atoms with E-state index in [1.54, 1.807) is 7.11 Å². The number of hydrogen-bond acceptors (Lipinski definition) is 3. The van der Waals surface area contributed by atoms with Crippen molar-refractivity contribution in [3.05, 3.63) is 72.3 Å². The molecule has 0 aromatic heterocycles. The van der Waals surface area contributed by atoms with Gasteiger partial charge in [0.25, 0.3) is 5.91 Å². The van der Waals surface area contributed by atoms with Gasteiger partial charge in [0.2, 0.25) is 0 Å². The highest BCUT2D eigenvalue weighted by molar-refractivity contribution is 5.94. The van der Waals surface area contributed by atoms with Crippen LogP contribution < -0.4 is 10.1 Å². The van der Waals surface area contributed by atoms with Crippen LogP contribution in [0, 0.1) is 0 Å². The van der Waals surface area contributed by atoms with Gasteiger partial charge in [-0.25, -0.2) is 0 Å². The van der Waals surface area contributed by atoms with Crippen molar-refractivity contribution in [2.24, 2.45) is 0 Å². The third kappa shape index (κ3) is 4.41. The van der Waals surface area contributed by atoms with E-state index in [-0.39, 0.29) is 5.91 Å². The minimum absolute atomic E-state index is 0.157. The van der Waals surface area contributed by atoms with E-state index in [4.69, 9.17) is 9.47 Å². The number of rotatable bonds is 7. The number of fused-ring (bicyclic) bond motifs is 1. The lowest BCUT2D eigenvalue weighted by Gasteiger charge is -2.18. The van der Waals surface area contributed by atoms with Crippen LogP contribution in [0.5, 0.6) is 5.75 Å². The van der Waals surface area contributed by atoms with Crippen molar-refractivity contribution in [3.63, 3.8) is 0 Å². The normalized spacial score (nSPS) is 11.9. The van der Waals surface area contributed by atoms with Gasteiger partial charge in [-0.2, -0.15) is 0 Å². The van der Waals surface area contributed by atoms with E-state index >= 15 is 0 Å². The molecule has 0 spiro atoms. The Morgan fingerprint density at radius 2 is 1.81 bits per heavy atom. The van der Waals surface area contributed by atoms with E-state index in [9.17, 15) is 4.79 Å². The Morgan fingerprint density at radius 1 is 1.00 bits per heavy atom. The quantitative estimate of drug-likeness (QED) is 0.667. The van der Waals surface area contributed by atoms with Crippen LogP contribution in [0.2, 0.25) is 0 Å². The zero-order chi connectivity index (χ0) is 18.4. The minimum atomic E-state index is -0.553. The summed E-state index contributed by atoms with van der Waals surface area (Å²) in [7, 11) is 1.65. The van der Waals surface area contributed by atoms with E-state index in [2.05, 4.69) is 11.4 Å². The Morgan fingerprint density at radius 3 is 2.58 bits per heavy atom. The maximum absolute atomic E-state index is 12.6. The molecule has 3 rings (SSSR count). The number of amides is 1. The standard InChI is InChI=1S/C22H23NO3/c1-3-21(22(24)23-19-10-6-7-16(13-19)15-25-2)26-20-12-11-17-8-4-5-9-18(17)14-20/h4-14,21H,3,15H2,1-2H3,(H,23,24). The number of benzene rings is 3. The average Bonchev–Trinajstić information content (AvgIpc) is 2.66. The molecule has 0 fully saturated rings. The van der Waals surface area contributed by atoms with Crippen LogP contribution in [0.15, 0.2) is 66.7 Å². The maximum Gasteiger partial charge on any atom is 0.265 e. The summed E-state index contributed by atoms with van der Waals surface area (Å²) < 4.78 is 11.1. The van der Waals surface area contributed by atoms with Crippen molar-refractivity contribution < 1.29 is 14.3 Å². The summed E-state index contributed by atoms with van der Waals surface area (Å²) >= 11 is 0. The fourth-order valence-corrected chi connectivity index (χ4v) is 2.86. The number of anilines is 1. The van der Waals surface area contributed by atoms with Crippen LogP contribution in [0.3, 0.4) is 0 Å². The van der Waals surface area contributed by atoms with Gasteiger partial charge in [-0.15, -0.1) is 0 Å². The molecular weight excluding hydrogens is 326 g/mol. The van der Waals surface area contributed by atoms with Gasteiger partial charge in [0.15, 0.2) is 6.10 Å². The maximum atomic E-state index is 12.6. The summed E-state index contributed by atoms with van der Waals surface area (Å²) in [6.45, 7) is 2.45. The number of carbonyl (C=O) groups is 1. The minimum Gasteiger partial charge on any atom is -0.481 e. The first-order chi connectivity index (χ1) is 12.7. The SMILES string of the molecule is CCC(Oc1ccc2ccccc2c1)C(=O)Nc1cccc(COC)c1. The Bertz CT molecular complexity index is 891. The first-order valence-corrected chi connectivity index (χ1v) is 8.74. The summed E-state index contributed by atoms with van der Waals surface area (Å²) in [6, 6.07) is 21.6. The molecule has 0 heterocycles. The molecule has 0 saturated carbocycles. The van der Waals surface area contributed by atoms with Gasteiger partial charge in [-0.1, -0.05) is 49.4 Å². The molecule has 0 bridgehead atoms. The van der Waals surface area contributed by atoms with Gasteiger partial charge >= 0.3 is 0 Å². The molecule has 3 aromatic rings. The summed E-state index contributed by atoms with van der Waals surface area (Å²) in [5, 5.41) is 5.17. The van der Waals surface area contributed by atoms with Crippen molar-refractivity contribution in [1.82, 2.24) is 0 Å². The lowest BCUT2D eigenvalue weighted by Crippen LogP contribution is -2.32. The fraction of sp³-hybridized carbons (Fsp3) is 0.227. The molecule has 0 saturated heterocycles. The molecule has 1 amide bonds. The number of hydrogen-bond donors (Lipinski definition) is 1. The molecule has 0 aliphatic rings. The van der Waals surface area contributed by atoms with Crippen molar-refractivity contribution in [2.75, 3.05) is 12.4 Å². The lowest BCUT2D eigenvalue weighted by molar-refractivity contribution is -0.122. The second kappa shape index (κ2) is 8.50. The molecule has 4 heteroatoms. The number of nitrogens with one attached hydrogen (secondary N) is 1. The molecule has 0 aliphatic heterocycles. The van der Waals surface area contributed by atoms with Crippen LogP contribution in [-0.4, -0.2) is 19.1 Å². The van der Waals surface area contributed by atoms with Gasteiger partial charge in [-0.05, 0) is 47.0 Å². The Kier molecular flexibility index (Phi) is 5.87. The Balaban J connectivity index is 1.70. The van der Waals surface area contributed by atoms with Crippen LogP contribution in [0.25, 0.3) is 10.8 Å². The van der Waals surface area contributed by atoms with Crippen LogP contribution >= 0.6 is 0 Å². The third-order valence-electron chi connectivity index (χ3n) is 4.17. The number of carbonyl (C=O) groups excluding carboxylic acids is 1. The largest absolute Gasteiger partial charge is 0.481 e. The molecule has 26 heavy (non-hydrogen) atoms. The predicted octanol–water partition coefficient (Wildman–Crippen LogP) is 4.78. The van der Waals surface area contributed by atoms with Crippen LogP contribution in [-0.2, 0) is 16.1 Å². The second-order valence-corrected chi connectivity index (χ2v) is 6.15. The molecular formula is C22H23NO3. The smallest absolute Gasteiger partial charge is 0.265 e. The van der Waals surface area contributed by atoms with Gasteiger partial charge in [-0.3, -0.25) is 4.79 Å². The van der Waals surface area contributed by atoms with Gasteiger partial charge in [0, 0.05) is 12.8 Å². The highest BCUT2D eigenvalue weighted by Crippen LogP contribution is 2.22. The van der Waals surface area contributed by atoms with Crippen molar-refractivity contribution in [2.45, 2.75) is 26.1 Å². The van der Waals surface area contributed by atoms with Crippen molar-refractivity contribution >= 4 is 22.4 Å². The molecule has 0 aliphatic carbocycles. The molecule has 1 N–H and O–H groups in total. The van der Waals surface area contributed by atoms with Crippen molar-refractivity contribution in [1.29, 1.82) is 0 Å². The van der Waals surface area contributed by atoms with E-state index in [0.29, 0.717) is 18.8 Å². The third-order valence-corrected chi connectivity index (χ3v) is 4.17. The monoisotopic (exact) mass is 349 g/mol. The summed E-state index contributed by atoms with van der Waals surface area (Å²) in [6.07, 6.45) is 0.0263. The number of methoxy groups -OCH3 is 1. The highest BCUT2D eigenvalue weighted by atomic mass is 16.5. The second-order valence-electron chi connectivity index (χ2n) is 6.15. The molecule has 134 valence electrons. The Labute approximate surface area is 153 Å². The van der Waals surface area contributed by atoms with E-state index in [1.807, 2.05) is 67.6 Å². The lowest BCUT2D eigenvalue weighted by atomic mass is 10.1. The summed E-state index contributed by atoms with van der Waals surface area (Å²) in [4.78, 5) is 12.6. The zero-order valence-electron chi connectivity index (χ0n) is 15.1. The van der Waals surface area contributed by atoms with E-state index in [1.165, 1.54) is 0 Å². The topological polar surface area (TPSA) is 47.6 Å². The molecule has 4 nitrogen and oxygen atoms in total. The summed E-state index contributed by atoms with van der Waals surface area (Å²) in [5.41, 5.74) is 1.75. The number of ether oxygens (including phenoxy) is 2. The van der Waals surface area contributed by atoms with E-state index in [0.717, 1.165) is 22.0 Å². The predicted molar refractivity (Wildman–Crippen MR) is 104 cm³/mol. The first kappa shape index (κ1) is 18.0. The molecule has 1 atom stereocenters. The highest BCUT2D eigenvalue weighted by Gasteiger charge is 2.18. The molecule has 0 radical (unpaired) electrons. The van der Waals surface area contributed by atoms with Gasteiger partial charge < -0.3 is 14.8 Å². The van der Waals surface area contributed by atoms with E-state index < -0.39 is 6.10 Å². The van der Waals surface area contributed by atoms with Gasteiger partial charge in [0.05, 0.1) is 6.61 Å². The van der Waals surface area contributed by atoms with Crippen molar-refractivity contribution in [3.8, 4) is 5.75 Å². The first-order valence-electron chi connectivity index (χ1n) is 8.74. The fourth-order valence-electron chi connectivity index (χ4n) is 2.86. The molecule has 1 unspecified atom stereocenters. The summed E-state index contributed by atoms with van der Waals surface area (Å²) in [5.74, 6) is 0.536.